The van der Waals surface area contributed by atoms with Crippen LogP contribution in [0.2, 0.25) is 0 Å². The highest BCUT2D eigenvalue weighted by molar-refractivity contribution is 5.56. The Balaban J connectivity index is 1.43. The first-order valence-electron chi connectivity index (χ1n) is 10.6. The van der Waals surface area contributed by atoms with Gasteiger partial charge in [-0.2, -0.15) is 5.26 Å². The third kappa shape index (κ3) is 5.89. The number of rotatable bonds is 8. The van der Waals surface area contributed by atoms with Crippen molar-refractivity contribution in [2.24, 2.45) is 11.8 Å². The van der Waals surface area contributed by atoms with E-state index in [0.29, 0.717) is 5.56 Å². The number of unbranched alkanes of at least 4 members (excludes halogenated alkanes) is 2. The molecule has 0 aliphatic heterocycles. The fraction of sp³-hybridized carbons (Fsp3) is 0.542. The molecule has 0 atom stereocenters. The van der Waals surface area contributed by atoms with E-state index in [-0.39, 0.29) is 0 Å². The first kappa shape index (κ1) is 19.5. The standard InChI is InChI=1S/C24H31N3/c1-2-3-4-5-19-6-8-20(9-7-19)10-11-22-17-26-24(27-18-22)23-14-12-21(16-25)13-15-23/h12-15,17-20H,2-11H2,1H3. The number of hydrogen-bond donors (Lipinski definition) is 0. The zero-order valence-corrected chi connectivity index (χ0v) is 16.5. The molecule has 0 spiro atoms. The quantitative estimate of drug-likeness (QED) is 0.516. The van der Waals surface area contributed by atoms with E-state index in [0.717, 1.165) is 29.6 Å². The molecule has 3 rings (SSSR count). The predicted octanol–water partition coefficient (Wildman–Crippen LogP) is 6.33. The number of aryl methyl sites for hydroxylation is 1. The second-order valence-corrected chi connectivity index (χ2v) is 8.03. The summed E-state index contributed by atoms with van der Waals surface area (Å²) in [6.07, 6.45) is 17.6. The maximum absolute atomic E-state index is 8.88. The van der Waals surface area contributed by atoms with Crippen molar-refractivity contribution in [3.63, 3.8) is 0 Å². The molecule has 1 aromatic carbocycles. The number of benzene rings is 1. The van der Waals surface area contributed by atoms with Crippen molar-refractivity contribution in [1.82, 2.24) is 9.97 Å². The Hall–Kier alpha value is -2.21. The lowest BCUT2D eigenvalue weighted by atomic mass is 9.78. The van der Waals surface area contributed by atoms with Gasteiger partial charge >= 0.3 is 0 Å². The van der Waals surface area contributed by atoms with E-state index in [1.165, 1.54) is 63.4 Å². The largest absolute Gasteiger partial charge is 0.236 e. The molecule has 0 amide bonds. The normalized spacial score (nSPS) is 19.6. The van der Waals surface area contributed by atoms with Crippen molar-refractivity contribution in [2.45, 2.75) is 71.1 Å². The SMILES string of the molecule is CCCCCC1CCC(CCc2cnc(-c3ccc(C#N)cc3)nc2)CC1. The Morgan fingerprint density at radius 1 is 0.926 bits per heavy atom. The van der Waals surface area contributed by atoms with Gasteiger partial charge in [-0.25, -0.2) is 9.97 Å². The molecule has 1 aliphatic carbocycles. The number of hydrogen-bond acceptors (Lipinski definition) is 3. The second-order valence-electron chi connectivity index (χ2n) is 8.03. The fourth-order valence-corrected chi connectivity index (χ4v) is 4.19. The predicted molar refractivity (Wildman–Crippen MR) is 110 cm³/mol. The zero-order valence-electron chi connectivity index (χ0n) is 16.5. The maximum Gasteiger partial charge on any atom is 0.159 e. The highest BCUT2D eigenvalue weighted by Gasteiger charge is 2.20. The fourth-order valence-electron chi connectivity index (χ4n) is 4.19. The van der Waals surface area contributed by atoms with Crippen LogP contribution in [-0.4, -0.2) is 9.97 Å². The lowest BCUT2D eigenvalue weighted by Crippen LogP contribution is -2.15. The third-order valence-electron chi connectivity index (χ3n) is 6.00. The highest BCUT2D eigenvalue weighted by Crippen LogP contribution is 2.34. The number of nitriles is 1. The summed E-state index contributed by atoms with van der Waals surface area (Å²) >= 11 is 0. The molecule has 0 N–H and O–H groups in total. The van der Waals surface area contributed by atoms with E-state index in [9.17, 15) is 0 Å². The zero-order chi connectivity index (χ0) is 18.9. The van der Waals surface area contributed by atoms with Crippen molar-refractivity contribution in [3.8, 4) is 17.5 Å². The lowest BCUT2D eigenvalue weighted by Gasteiger charge is -2.28. The van der Waals surface area contributed by atoms with Gasteiger partial charge in [0, 0.05) is 18.0 Å². The highest BCUT2D eigenvalue weighted by atomic mass is 14.9. The summed E-state index contributed by atoms with van der Waals surface area (Å²) in [7, 11) is 0. The van der Waals surface area contributed by atoms with Crippen molar-refractivity contribution in [2.75, 3.05) is 0 Å². The minimum atomic E-state index is 0.662. The second kappa shape index (κ2) is 10.2. The van der Waals surface area contributed by atoms with Crippen LogP contribution in [0.25, 0.3) is 11.4 Å². The summed E-state index contributed by atoms with van der Waals surface area (Å²) in [5.74, 6) is 2.60. The molecule has 0 radical (unpaired) electrons. The van der Waals surface area contributed by atoms with E-state index in [4.69, 9.17) is 5.26 Å². The van der Waals surface area contributed by atoms with Gasteiger partial charge in [-0.3, -0.25) is 0 Å². The van der Waals surface area contributed by atoms with Gasteiger partial charge in [0.1, 0.15) is 0 Å². The molecule has 3 nitrogen and oxygen atoms in total. The molecule has 142 valence electrons. The lowest BCUT2D eigenvalue weighted by molar-refractivity contribution is 0.249. The van der Waals surface area contributed by atoms with E-state index in [1.54, 1.807) is 0 Å². The average Bonchev–Trinajstić information content (AvgIpc) is 2.74. The molecule has 0 unspecified atom stereocenters. The van der Waals surface area contributed by atoms with Crippen LogP contribution in [0.1, 0.15) is 75.8 Å². The Kier molecular flexibility index (Phi) is 7.39. The van der Waals surface area contributed by atoms with Crippen LogP contribution in [0, 0.1) is 23.2 Å². The molecule has 1 aromatic heterocycles. The molecule has 2 aromatic rings. The summed E-state index contributed by atoms with van der Waals surface area (Å²) in [5, 5.41) is 8.88. The molecule has 0 bridgehead atoms. The number of aromatic nitrogens is 2. The van der Waals surface area contributed by atoms with Gasteiger partial charge in [0.25, 0.3) is 0 Å². The van der Waals surface area contributed by atoms with Crippen LogP contribution in [0.5, 0.6) is 0 Å². The molecule has 1 aliphatic rings. The molecule has 3 heteroatoms. The summed E-state index contributed by atoms with van der Waals surface area (Å²) in [6, 6.07) is 9.58. The monoisotopic (exact) mass is 361 g/mol. The van der Waals surface area contributed by atoms with Crippen molar-refractivity contribution in [3.05, 3.63) is 47.8 Å². The molecule has 1 heterocycles. The van der Waals surface area contributed by atoms with Crippen LogP contribution in [0.3, 0.4) is 0 Å². The Morgan fingerprint density at radius 3 is 2.15 bits per heavy atom. The molecule has 1 fully saturated rings. The molecular weight excluding hydrogens is 330 g/mol. The van der Waals surface area contributed by atoms with Gasteiger partial charge in [-0.15, -0.1) is 0 Å². The van der Waals surface area contributed by atoms with E-state index < -0.39 is 0 Å². The summed E-state index contributed by atoms with van der Waals surface area (Å²) in [6.45, 7) is 2.29. The maximum atomic E-state index is 8.88. The summed E-state index contributed by atoms with van der Waals surface area (Å²) < 4.78 is 0. The van der Waals surface area contributed by atoms with Crippen LogP contribution >= 0.6 is 0 Å². The Bertz CT molecular complexity index is 720. The van der Waals surface area contributed by atoms with Gasteiger partial charge in [-0.1, -0.05) is 58.3 Å². The summed E-state index contributed by atoms with van der Waals surface area (Å²) in [5.41, 5.74) is 2.86. The van der Waals surface area contributed by atoms with E-state index in [1.807, 2.05) is 36.7 Å². The molecule has 1 saturated carbocycles. The third-order valence-corrected chi connectivity index (χ3v) is 6.00. The van der Waals surface area contributed by atoms with Crippen LogP contribution in [-0.2, 0) is 6.42 Å². The smallest absolute Gasteiger partial charge is 0.159 e. The van der Waals surface area contributed by atoms with Crippen molar-refractivity contribution >= 4 is 0 Å². The van der Waals surface area contributed by atoms with Gasteiger partial charge in [-0.05, 0) is 54.5 Å². The van der Waals surface area contributed by atoms with Gasteiger partial charge in [0.15, 0.2) is 5.82 Å². The first-order chi connectivity index (χ1) is 13.3. The molecule has 27 heavy (non-hydrogen) atoms. The van der Waals surface area contributed by atoms with Gasteiger partial charge < -0.3 is 0 Å². The average molecular weight is 362 g/mol. The Labute approximate surface area is 163 Å². The van der Waals surface area contributed by atoms with Crippen LogP contribution in [0.4, 0.5) is 0 Å². The van der Waals surface area contributed by atoms with Gasteiger partial charge in [0.2, 0.25) is 0 Å². The first-order valence-corrected chi connectivity index (χ1v) is 10.6. The minimum Gasteiger partial charge on any atom is -0.236 e. The topological polar surface area (TPSA) is 49.6 Å². The Morgan fingerprint density at radius 2 is 1.56 bits per heavy atom. The molecule has 0 saturated heterocycles. The van der Waals surface area contributed by atoms with E-state index in [2.05, 4.69) is 23.0 Å². The minimum absolute atomic E-state index is 0.662. The summed E-state index contributed by atoms with van der Waals surface area (Å²) in [4.78, 5) is 9.06. The molecular formula is C24H31N3. The van der Waals surface area contributed by atoms with Crippen molar-refractivity contribution in [1.29, 1.82) is 5.26 Å². The van der Waals surface area contributed by atoms with Crippen LogP contribution < -0.4 is 0 Å². The van der Waals surface area contributed by atoms with Crippen LogP contribution in [0.15, 0.2) is 36.7 Å². The van der Waals surface area contributed by atoms with Crippen molar-refractivity contribution < 1.29 is 0 Å². The van der Waals surface area contributed by atoms with E-state index >= 15 is 0 Å². The number of nitrogens with zero attached hydrogens (tertiary/aromatic N) is 3. The van der Waals surface area contributed by atoms with Gasteiger partial charge in [0.05, 0.1) is 11.6 Å².